The molecule has 0 bridgehead atoms. The van der Waals surface area contributed by atoms with E-state index in [0.717, 1.165) is 57.1 Å². The first-order valence-corrected chi connectivity index (χ1v) is 11.2. The van der Waals surface area contributed by atoms with Gasteiger partial charge in [-0.25, -0.2) is 4.39 Å². The molecule has 0 radical (unpaired) electrons. The number of nitrogens with zero attached hydrogens (tertiary/aromatic N) is 1. The van der Waals surface area contributed by atoms with Crippen LogP contribution in [0.15, 0.2) is 42.5 Å². The van der Waals surface area contributed by atoms with Gasteiger partial charge >= 0.3 is 0 Å². The summed E-state index contributed by atoms with van der Waals surface area (Å²) in [6.45, 7) is 6.16. The van der Waals surface area contributed by atoms with Gasteiger partial charge in [-0.15, -0.1) is 0 Å². The van der Waals surface area contributed by atoms with Crippen LogP contribution in [0.2, 0.25) is 0 Å². The van der Waals surface area contributed by atoms with Crippen LogP contribution in [0.3, 0.4) is 0 Å². The standard InChI is InChI=1S/C24H28FN3O3/c25-21-4-2-1-3-19(21)15-28(20-6-7-20)24(29)16-27-11-9-26(10-12-27)14-18-5-8-22-23(13-18)31-17-30-22/h1-5,8,13,20H,6-7,9-12,14-17H2/p+2. The average molecular weight is 428 g/mol. The fraction of sp³-hybridized carbons (Fsp3) is 0.458. The number of quaternary nitrogens is 2. The van der Waals surface area contributed by atoms with Gasteiger partial charge in [-0.1, -0.05) is 18.2 Å². The molecular weight excluding hydrogens is 397 g/mol. The van der Waals surface area contributed by atoms with Crippen LogP contribution in [0, 0.1) is 5.82 Å². The molecule has 0 aromatic heterocycles. The zero-order valence-electron chi connectivity index (χ0n) is 17.7. The minimum Gasteiger partial charge on any atom is -0.454 e. The van der Waals surface area contributed by atoms with E-state index >= 15 is 0 Å². The lowest BCUT2D eigenvalue weighted by Gasteiger charge is -2.31. The van der Waals surface area contributed by atoms with E-state index in [0.29, 0.717) is 25.4 Å². The van der Waals surface area contributed by atoms with Crippen molar-refractivity contribution in [2.24, 2.45) is 0 Å². The highest BCUT2D eigenvalue weighted by Crippen LogP contribution is 2.32. The van der Waals surface area contributed by atoms with Gasteiger partial charge in [0, 0.05) is 23.7 Å². The Morgan fingerprint density at radius 2 is 1.74 bits per heavy atom. The SMILES string of the molecule is O=C(C[NH+]1CC[NH+](Cc2ccc3c(c2)OCO3)CC1)N(Cc1ccccc1F)C1CC1. The van der Waals surface area contributed by atoms with Crippen molar-refractivity contribution in [3.63, 3.8) is 0 Å². The number of benzene rings is 2. The fourth-order valence-corrected chi connectivity index (χ4v) is 4.58. The van der Waals surface area contributed by atoms with E-state index in [1.165, 1.54) is 21.4 Å². The minimum absolute atomic E-state index is 0.153. The maximum absolute atomic E-state index is 14.1. The zero-order valence-corrected chi connectivity index (χ0v) is 17.7. The highest BCUT2D eigenvalue weighted by molar-refractivity contribution is 5.77. The van der Waals surface area contributed by atoms with Gasteiger partial charge in [0.05, 0.1) is 0 Å². The number of hydrogen-bond donors (Lipinski definition) is 2. The normalized spacial score (nSPS) is 22.4. The van der Waals surface area contributed by atoms with Crippen molar-refractivity contribution < 1.29 is 28.5 Å². The molecule has 3 aliphatic rings. The molecule has 2 fully saturated rings. The van der Waals surface area contributed by atoms with Crippen LogP contribution in [0.1, 0.15) is 24.0 Å². The van der Waals surface area contributed by atoms with E-state index in [2.05, 4.69) is 12.1 Å². The third-order valence-electron chi connectivity index (χ3n) is 6.56. The molecule has 0 spiro atoms. The lowest BCUT2D eigenvalue weighted by atomic mass is 10.1. The van der Waals surface area contributed by atoms with Gasteiger partial charge in [-0.2, -0.15) is 0 Å². The number of carbonyl (C=O) groups is 1. The summed E-state index contributed by atoms with van der Waals surface area (Å²) in [7, 11) is 0. The van der Waals surface area contributed by atoms with E-state index in [1.54, 1.807) is 12.1 Å². The largest absolute Gasteiger partial charge is 0.454 e. The topological polar surface area (TPSA) is 47.7 Å². The quantitative estimate of drug-likeness (QED) is 0.656. The van der Waals surface area contributed by atoms with E-state index < -0.39 is 0 Å². The summed E-state index contributed by atoms with van der Waals surface area (Å²) < 4.78 is 25.0. The van der Waals surface area contributed by atoms with E-state index in [4.69, 9.17) is 9.47 Å². The molecule has 164 valence electrons. The van der Waals surface area contributed by atoms with Gasteiger partial charge in [-0.3, -0.25) is 4.79 Å². The van der Waals surface area contributed by atoms with Crippen molar-refractivity contribution in [1.82, 2.24) is 4.90 Å². The van der Waals surface area contributed by atoms with Crippen LogP contribution in [0.4, 0.5) is 4.39 Å². The summed E-state index contributed by atoms with van der Waals surface area (Å²) in [5.74, 6) is 1.58. The molecule has 1 amide bonds. The number of carbonyl (C=O) groups excluding carboxylic acids is 1. The van der Waals surface area contributed by atoms with Gasteiger partial charge in [0.25, 0.3) is 5.91 Å². The number of fused-ring (bicyclic) bond motifs is 1. The second-order valence-electron chi connectivity index (χ2n) is 8.89. The van der Waals surface area contributed by atoms with Crippen molar-refractivity contribution in [3.05, 3.63) is 59.4 Å². The molecule has 5 rings (SSSR count). The number of halogens is 1. The third kappa shape index (κ3) is 4.83. The van der Waals surface area contributed by atoms with Gasteiger partial charge in [-0.05, 0) is 37.1 Å². The number of piperazine rings is 1. The zero-order chi connectivity index (χ0) is 21.2. The molecule has 0 atom stereocenters. The molecule has 7 heteroatoms. The van der Waals surface area contributed by atoms with Crippen LogP contribution in [-0.2, 0) is 17.9 Å². The third-order valence-corrected chi connectivity index (χ3v) is 6.56. The van der Waals surface area contributed by atoms with Crippen LogP contribution < -0.4 is 19.3 Å². The highest BCUT2D eigenvalue weighted by atomic mass is 19.1. The summed E-state index contributed by atoms with van der Waals surface area (Å²) in [6.07, 6.45) is 2.06. The summed E-state index contributed by atoms with van der Waals surface area (Å²) in [6, 6.07) is 13.2. The second-order valence-corrected chi connectivity index (χ2v) is 8.89. The van der Waals surface area contributed by atoms with Crippen LogP contribution >= 0.6 is 0 Å². The number of rotatable bonds is 7. The lowest BCUT2D eigenvalue weighted by molar-refractivity contribution is -1.02. The monoisotopic (exact) mass is 427 g/mol. The molecule has 1 saturated heterocycles. The van der Waals surface area contributed by atoms with Crippen molar-refractivity contribution >= 4 is 5.91 Å². The molecule has 0 unspecified atom stereocenters. The van der Waals surface area contributed by atoms with Gasteiger partial charge < -0.3 is 24.2 Å². The maximum atomic E-state index is 14.1. The molecule has 1 aliphatic carbocycles. The maximum Gasteiger partial charge on any atom is 0.278 e. The van der Waals surface area contributed by atoms with Crippen molar-refractivity contribution in [3.8, 4) is 11.5 Å². The number of nitrogens with one attached hydrogen (secondary N) is 2. The Morgan fingerprint density at radius 1 is 1.00 bits per heavy atom. The molecule has 31 heavy (non-hydrogen) atoms. The van der Waals surface area contributed by atoms with Crippen molar-refractivity contribution in [2.75, 3.05) is 39.5 Å². The van der Waals surface area contributed by atoms with Crippen LogP contribution in [-0.4, -0.2) is 56.4 Å². The van der Waals surface area contributed by atoms with Crippen molar-refractivity contribution in [2.45, 2.75) is 32.0 Å². The summed E-state index contributed by atoms with van der Waals surface area (Å²) in [4.78, 5) is 17.8. The predicted molar refractivity (Wildman–Crippen MR) is 113 cm³/mol. The van der Waals surface area contributed by atoms with Crippen LogP contribution in [0.5, 0.6) is 11.5 Å². The number of ether oxygens (including phenoxy) is 2. The first-order valence-electron chi connectivity index (χ1n) is 11.2. The fourth-order valence-electron chi connectivity index (χ4n) is 4.58. The van der Waals surface area contributed by atoms with E-state index in [-0.39, 0.29) is 17.8 Å². The first kappa shape index (κ1) is 20.3. The molecule has 1 saturated carbocycles. The summed E-state index contributed by atoms with van der Waals surface area (Å²) in [5, 5.41) is 0. The van der Waals surface area contributed by atoms with Crippen molar-refractivity contribution in [1.29, 1.82) is 0 Å². The Balaban J connectivity index is 1.13. The average Bonchev–Trinajstić information content (AvgIpc) is 3.51. The first-order chi connectivity index (χ1) is 15.2. The Bertz CT molecular complexity index is 941. The molecule has 2 N–H and O–H groups in total. The Morgan fingerprint density at radius 3 is 2.52 bits per heavy atom. The molecule has 2 aromatic carbocycles. The number of hydrogen-bond acceptors (Lipinski definition) is 3. The Hall–Kier alpha value is -2.64. The Kier molecular flexibility index (Phi) is 5.78. The molecule has 2 heterocycles. The second kappa shape index (κ2) is 8.85. The summed E-state index contributed by atoms with van der Waals surface area (Å²) >= 11 is 0. The Labute approximate surface area is 182 Å². The molecular formula is C24H30FN3O3+2. The van der Waals surface area contributed by atoms with Gasteiger partial charge in [0.15, 0.2) is 18.0 Å². The number of amides is 1. The molecule has 2 aromatic rings. The predicted octanol–water partition coefficient (Wildman–Crippen LogP) is 0.0290. The highest BCUT2D eigenvalue weighted by Gasteiger charge is 2.35. The van der Waals surface area contributed by atoms with E-state index in [9.17, 15) is 9.18 Å². The minimum atomic E-state index is -0.228. The van der Waals surface area contributed by atoms with E-state index in [1.807, 2.05) is 17.0 Å². The molecule has 6 nitrogen and oxygen atoms in total. The van der Waals surface area contributed by atoms with Gasteiger partial charge in [0.1, 0.15) is 38.5 Å². The van der Waals surface area contributed by atoms with Gasteiger partial charge in [0.2, 0.25) is 6.79 Å². The summed E-state index contributed by atoms with van der Waals surface area (Å²) in [5.41, 5.74) is 1.86. The van der Waals surface area contributed by atoms with Crippen LogP contribution in [0.25, 0.3) is 0 Å². The smallest absolute Gasteiger partial charge is 0.278 e. The lowest BCUT2D eigenvalue weighted by Crippen LogP contribution is -3.28. The molecule has 2 aliphatic heterocycles.